The predicted molar refractivity (Wildman–Crippen MR) is 61.8 cm³/mol. The Labute approximate surface area is 88.6 Å². The van der Waals surface area contributed by atoms with E-state index in [0.29, 0.717) is 5.70 Å². The Morgan fingerprint density at radius 2 is 2.00 bits per heavy atom. The molecule has 1 aromatic carbocycles. The van der Waals surface area contributed by atoms with Crippen LogP contribution >= 0.6 is 0 Å². The number of rotatable bonds is 2. The second-order valence-electron chi connectivity index (χ2n) is 3.20. The van der Waals surface area contributed by atoms with Crippen molar-refractivity contribution in [3.05, 3.63) is 66.4 Å². The highest BCUT2D eigenvalue weighted by Gasteiger charge is 2.22. The van der Waals surface area contributed by atoms with Crippen LogP contribution in [0.2, 0.25) is 0 Å². The number of hydrogen-bond acceptors (Lipinski definition) is 2. The Balaban J connectivity index is 2.31. The van der Waals surface area contributed by atoms with Crippen LogP contribution in [0.1, 0.15) is 10.4 Å². The van der Waals surface area contributed by atoms with Crippen LogP contribution in [-0.4, -0.2) is 5.78 Å². The van der Waals surface area contributed by atoms with Crippen LogP contribution in [0.25, 0.3) is 0 Å². The van der Waals surface area contributed by atoms with Crippen LogP contribution in [0.3, 0.4) is 0 Å². The van der Waals surface area contributed by atoms with Crippen molar-refractivity contribution in [1.82, 2.24) is 0 Å². The van der Waals surface area contributed by atoms with Gasteiger partial charge in [0.25, 0.3) is 0 Å². The minimum Gasteiger partial charge on any atom is -0.352 e. The number of ketones is 1. The van der Waals surface area contributed by atoms with Crippen molar-refractivity contribution < 1.29 is 4.79 Å². The number of allylic oxidation sites excluding steroid dienone is 5. The maximum atomic E-state index is 11.8. The summed E-state index contributed by atoms with van der Waals surface area (Å²) in [5.41, 5.74) is 2.21. The third-order valence-electron chi connectivity index (χ3n) is 2.20. The summed E-state index contributed by atoms with van der Waals surface area (Å²) in [6.07, 6.45) is 7.00. The molecule has 0 amide bonds. The molecule has 0 unspecified atom stereocenters. The zero-order chi connectivity index (χ0) is 10.7. The number of anilines is 1. The van der Waals surface area contributed by atoms with E-state index >= 15 is 0 Å². The molecule has 1 N–H and O–H groups in total. The van der Waals surface area contributed by atoms with E-state index in [1.807, 2.05) is 24.3 Å². The zero-order valence-corrected chi connectivity index (χ0v) is 8.23. The summed E-state index contributed by atoms with van der Waals surface area (Å²) >= 11 is 0. The normalized spacial score (nSPS) is 16.8. The van der Waals surface area contributed by atoms with Gasteiger partial charge in [-0.2, -0.15) is 0 Å². The lowest BCUT2D eigenvalue weighted by Gasteiger charge is -1.94. The molecular formula is C13H11NO. The Bertz CT molecular complexity index is 469. The molecule has 0 aromatic heterocycles. The second-order valence-corrected chi connectivity index (χ2v) is 3.20. The van der Waals surface area contributed by atoms with Crippen molar-refractivity contribution in [2.45, 2.75) is 0 Å². The first-order chi connectivity index (χ1) is 7.33. The fraction of sp³-hybridized carbons (Fsp3) is 0. The Morgan fingerprint density at radius 1 is 1.20 bits per heavy atom. The number of para-hydroxylation sites is 1. The molecule has 2 heteroatoms. The highest BCUT2D eigenvalue weighted by atomic mass is 16.1. The molecule has 0 bridgehead atoms. The minimum atomic E-state index is 0.0410. The number of fused-ring (bicyclic) bond motifs is 1. The molecule has 0 atom stereocenters. The van der Waals surface area contributed by atoms with Crippen LogP contribution in [0.15, 0.2) is 60.8 Å². The summed E-state index contributed by atoms with van der Waals surface area (Å²) in [5, 5.41) is 3.07. The van der Waals surface area contributed by atoms with Gasteiger partial charge >= 0.3 is 0 Å². The highest BCUT2D eigenvalue weighted by molar-refractivity contribution is 6.18. The van der Waals surface area contributed by atoms with E-state index in [4.69, 9.17) is 0 Å². The van der Waals surface area contributed by atoms with E-state index in [2.05, 4.69) is 11.9 Å². The summed E-state index contributed by atoms with van der Waals surface area (Å²) in [6, 6.07) is 7.48. The van der Waals surface area contributed by atoms with Crippen molar-refractivity contribution in [3.8, 4) is 0 Å². The smallest absolute Gasteiger partial charge is 0.211 e. The van der Waals surface area contributed by atoms with Gasteiger partial charge in [0.1, 0.15) is 0 Å². The first kappa shape index (κ1) is 9.46. The molecule has 0 aliphatic carbocycles. The van der Waals surface area contributed by atoms with Crippen LogP contribution in [-0.2, 0) is 0 Å². The van der Waals surface area contributed by atoms with Gasteiger partial charge in [-0.1, -0.05) is 36.9 Å². The molecule has 0 saturated carbocycles. The first-order valence-electron chi connectivity index (χ1n) is 4.73. The lowest BCUT2D eigenvalue weighted by Crippen LogP contribution is -1.98. The van der Waals surface area contributed by atoms with Gasteiger partial charge in [-0.15, -0.1) is 0 Å². The quantitative estimate of drug-likeness (QED) is 0.583. The minimum absolute atomic E-state index is 0.0410. The van der Waals surface area contributed by atoms with Crippen molar-refractivity contribution >= 4 is 11.5 Å². The van der Waals surface area contributed by atoms with Gasteiger partial charge in [0.15, 0.2) is 0 Å². The molecule has 1 aliphatic rings. The van der Waals surface area contributed by atoms with Crippen molar-refractivity contribution in [3.63, 3.8) is 0 Å². The molecule has 1 aliphatic heterocycles. The third-order valence-corrected chi connectivity index (χ3v) is 2.20. The molecule has 74 valence electrons. The average Bonchev–Trinajstić information content (AvgIpc) is 2.57. The lowest BCUT2D eigenvalue weighted by molar-refractivity contribution is 0.104. The first-order valence-corrected chi connectivity index (χ1v) is 4.73. The molecular weight excluding hydrogens is 186 g/mol. The van der Waals surface area contributed by atoms with Gasteiger partial charge in [-0.05, 0) is 18.2 Å². The van der Waals surface area contributed by atoms with Crippen LogP contribution < -0.4 is 5.32 Å². The number of Topliss-reactive ketones (excluding diaryl/α,β-unsaturated/α-hetero) is 1. The van der Waals surface area contributed by atoms with Gasteiger partial charge in [-0.3, -0.25) is 4.79 Å². The van der Waals surface area contributed by atoms with E-state index in [0.717, 1.165) is 11.3 Å². The van der Waals surface area contributed by atoms with E-state index in [1.165, 1.54) is 0 Å². The summed E-state index contributed by atoms with van der Waals surface area (Å²) in [7, 11) is 0. The fourth-order valence-electron chi connectivity index (χ4n) is 1.48. The predicted octanol–water partition coefficient (Wildman–Crippen LogP) is 2.92. The van der Waals surface area contributed by atoms with Gasteiger partial charge < -0.3 is 5.32 Å². The van der Waals surface area contributed by atoms with E-state index in [9.17, 15) is 4.79 Å². The Morgan fingerprint density at radius 3 is 2.73 bits per heavy atom. The molecule has 15 heavy (non-hydrogen) atoms. The maximum absolute atomic E-state index is 11.8. The van der Waals surface area contributed by atoms with Crippen molar-refractivity contribution in [1.29, 1.82) is 0 Å². The molecule has 0 radical (unpaired) electrons. The fourth-order valence-corrected chi connectivity index (χ4v) is 1.48. The summed E-state index contributed by atoms with van der Waals surface area (Å²) in [5.74, 6) is 0.0410. The number of hydrogen-bond donors (Lipinski definition) is 1. The largest absolute Gasteiger partial charge is 0.352 e. The van der Waals surface area contributed by atoms with E-state index < -0.39 is 0 Å². The maximum Gasteiger partial charge on any atom is 0.211 e. The highest BCUT2D eigenvalue weighted by Crippen LogP contribution is 2.27. The standard InChI is InChI=1S/C13H11NO/c1-2-3-4-9-12-13(15)10-7-5-6-8-11(10)14-12/h2-9,14H,1H2/b4-3-,12-9-. The van der Waals surface area contributed by atoms with Crippen LogP contribution in [0.5, 0.6) is 0 Å². The van der Waals surface area contributed by atoms with Gasteiger partial charge in [0, 0.05) is 11.3 Å². The molecule has 1 aromatic rings. The summed E-state index contributed by atoms with van der Waals surface area (Å²) < 4.78 is 0. The lowest BCUT2D eigenvalue weighted by atomic mass is 10.1. The second kappa shape index (κ2) is 3.96. The number of benzene rings is 1. The Kier molecular flexibility index (Phi) is 2.50. The molecule has 2 nitrogen and oxygen atoms in total. The topological polar surface area (TPSA) is 29.1 Å². The summed E-state index contributed by atoms with van der Waals surface area (Å²) in [6.45, 7) is 3.56. The number of carbonyl (C=O) groups excluding carboxylic acids is 1. The van der Waals surface area contributed by atoms with Gasteiger partial charge in [0.05, 0.1) is 5.70 Å². The number of nitrogens with one attached hydrogen (secondary N) is 1. The van der Waals surface area contributed by atoms with Crippen molar-refractivity contribution in [2.24, 2.45) is 0 Å². The SMILES string of the molecule is C=C/C=C\C=C1/Nc2ccccc2C1=O. The summed E-state index contributed by atoms with van der Waals surface area (Å²) in [4.78, 5) is 11.8. The van der Waals surface area contributed by atoms with Crippen LogP contribution in [0.4, 0.5) is 5.69 Å². The average molecular weight is 197 g/mol. The monoisotopic (exact) mass is 197 g/mol. The van der Waals surface area contributed by atoms with Crippen molar-refractivity contribution in [2.75, 3.05) is 5.32 Å². The van der Waals surface area contributed by atoms with E-state index in [-0.39, 0.29) is 5.78 Å². The zero-order valence-electron chi connectivity index (χ0n) is 8.23. The molecule has 1 heterocycles. The molecule has 0 spiro atoms. The number of carbonyl (C=O) groups is 1. The van der Waals surface area contributed by atoms with Gasteiger partial charge in [-0.25, -0.2) is 0 Å². The van der Waals surface area contributed by atoms with Gasteiger partial charge in [0.2, 0.25) is 5.78 Å². The van der Waals surface area contributed by atoms with E-state index in [1.54, 1.807) is 24.3 Å². The third kappa shape index (κ3) is 1.74. The Hall–Kier alpha value is -2.09. The molecule has 0 fully saturated rings. The molecule has 0 saturated heterocycles. The molecule has 2 rings (SSSR count). The van der Waals surface area contributed by atoms with Crippen LogP contribution in [0, 0.1) is 0 Å².